The van der Waals surface area contributed by atoms with Crippen molar-refractivity contribution >= 4 is 22.7 Å². The van der Waals surface area contributed by atoms with Gasteiger partial charge < -0.3 is 20.6 Å². The van der Waals surface area contributed by atoms with Crippen LogP contribution in [0.3, 0.4) is 0 Å². The fourth-order valence-corrected chi connectivity index (χ4v) is 4.14. The molecule has 0 amide bonds. The number of pyridine rings is 1. The first-order valence-electron chi connectivity index (χ1n) is 11.3. The van der Waals surface area contributed by atoms with Crippen molar-refractivity contribution in [2.75, 3.05) is 12.4 Å². The minimum atomic E-state index is 0.130. The molecule has 4 rings (SSSR count). The fraction of sp³-hybridized carbons (Fsp3) is 0.214. The van der Waals surface area contributed by atoms with Crippen LogP contribution >= 0.6 is 0 Å². The van der Waals surface area contributed by atoms with Crippen LogP contribution in [0.1, 0.15) is 36.2 Å². The first-order valence-corrected chi connectivity index (χ1v) is 11.3. The standard InChI is InChI=1S/C28H30N4O2/c1-19(29)27(20(2)33)23-15-16-32-26(17-23)31-25(14-11-21-9-12-24(34-3)13-10-21)28(32)30-18-22-7-5-4-6-8-22/h4-10,12-13,15-17,29-30,33H,11,14,18H2,1-3H3/b27-20+,29-19?. The summed E-state index contributed by atoms with van der Waals surface area (Å²) < 4.78 is 7.31. The van der Waals surface area contributed by atoms with Gasteiger partial charge in [-0.3, -0.25) is 4.40 Å². The van der Waals surface area contributed by atoms with Gasteiger partial charge in [0.2, 0.25) is 0 Å². The molecule has 0 unspecified atom stereocenters. The molecule has 34 heavy (non-hydrogen) atoms. The molecule has 6 heteroatoms. The number of aryl methyl sites for hydroxylation is 2. The Morgan fingerprint density at radius 2 is 1.74 bits per heavy atom. The van der Waals surface area contributed by atoms with Crippen molar-refractivity contribution in [3.63, 3.8) is 0 Å². The van der Waals surface area contributed by atoms with Crippen molar-refractivity contribution in [3.05, 3.63) is 101 Å². The number of fused-ring (bicyclic) bond motifs is 1. The van der Waals surface area contributed by atoms with Crippen molar-refractivity contribution in [2.45, 2.75) is 33.2 Å². The largest absolute Gasteiger partial charge is 0.512 e. The van der Waals surface area contributed by atoms with Gasteiger partial charge >= 0.3 is 0 Å². The van der Waals surface area contributed by atoms with E-state index in [4.69, 9.17) is 15.1 Å². The van der Waals surface area contributed by atoms with Crippen molar-refractivity contribution in [2.24, 2.45) is 0 Å². The molecule has 0 bridgehead atoms. The van der Waals surface area contributed by atoms with E-state index >= 15 is 0 Å². The van der Waals surface area contributed by atoms with Gasteiger partial charge in [-0.15, -0.1) is 0 Å². The van der Waals surface area contributed by atoms with E-state index in [0.717, 1.165) is 41.3 Å². The third-order valence-electron chi connectivity index (χ3n) is 5.84. The maximum Gasteiger partial charge on any atom is 0.139 e. The van der Waals surface area contributed by atoms with Crippen molar-refractivity contribution < 1.29 is 9.84 Å². The van der Waals surface area contributed by atoms with E-state index in [2.05, 4.69) is 29.6 Å². The lowest BCUT2D eigenvalue weighted by molar-refractivity contribution is 0.414. The van der Waals surface area contributed by atoms with Gasteiger partial charge in [-0.25, -0.2) is 4.98 Å². The predicted octanol–water partition coefficient (Wildman–Crippen LogP) is 6.07. The van der Waals surface area contributed by atoms with E-state index in [1.165, 1.54) is 11.1 Å². The molecular weight excluding hydrogens is 424 g/mol. The molecule has 0 aliphatic rings. The van der Waals surface area contributed by atoms with E-state index in [1.807, 2.05) is 53.1 Å². The average Bonchev–Trinajstić information content (AvgIpc) is 3.18. The van der Waals surface area contributed by atoms with Crippen molar-refractivity contribution in [1.82, 2.24) is 9.38 Å². The lowest BCUT2D eigenvalue weighted by Crippen LogP contribution is -2.05. The molecule has 0 saturated carbocycles. The number of aliphatic hydroxyl groups excluding tert-OH is 1. The number of benzene rings is 2. The summed E-state index contributed by atoms with van der Waals surface area (Å²) in [6.07, 6.45) is 3.57. The average molecular weight is 455 g/mol. The molecule has 0 atom stereocenters. The SMILES string of the molecule is COc1ccc(CCc2nc3cc(/C(C(C)=N)=C(\C)O)ccn3c2NCc2ccccc2)cc1. The molecule has 0 fully saturated rings. The predicted molar refractivity (Wildman–Crippen MR) is 138 cm³/mol. The number of hydrogen-bond donors (Lipinski definition) is 3. The number of ether oxygens (including phenoxy) is 1. The molecule has 0 spiro atoms. The number of nitrogens with one attached hydrogen (secondary N) is 2. The van der Waals surface area contributed by atoms with Gasteiger partial charge in [0, 0.05) is 24.0 Å². The maximum atomic E-state index is 10.1. The highest BCUT2D eigenvalue weighted by Gasteiger charge is 2.15. The van der Waals surface area contributed by atoms with Gasteiger partial charge in [-0.05, 0) is 67.6 Å². The van der Waals surface area contributed by atoms with E-state index in [0.29, 0.717) is 17.8 Å². The second-order valence-corrected chi connectivity index (χ2v) is 8.32. The monoisotopic (exact) mass is 454 g/mol. The van der Waals surface area contributed by atoms with Crippen LogP contribution in [0, 0.1) is 5.41 Å². The van der Waals surface area contributed by atoms with Crippen molar-refractivity contribution in [1.29, 1.82) is 5.41 Å². The zero-order valence-electron chi connectivity index (χ0n) is 19.8. The summed E-state index contributed by atoms with van der Waals surface area (Å²) in [7, 11) is 1.67. The molecule has 174 valence electrons. The number of imidazole rings is 1. The van der Waals surface area contributed by atoms with E-state index in [9.17, 15) is 5.11 Å². The Morgan fingerprint density at radius 3 is 2.38 bits per heavy atom. The Hall–Kier alpha value is -4.06. The highest BCUT2D eigenvalue weighted by molar-refractivity contribution is 6.21. The molecule has 0 aliphatic carbocycles. The maximum absolute atomic E-state index is 10.1. The van der Waals surface area contributed by atoms with Crippen LogP contribution < -0.4 is 10.1 Å². The molecule has 0 saturated heterocycles. The molecular formula is C28H30N4O2. The Labute approximate surface area is 200 Å². The summed E-state index contributed by atoms with van der Waals surface area (Å²) in [6.45, 7) is 3.97. The van der Waals surface area contributed by atoms with Gasteiger partial charge in [-0.1, -0.05) is 42.5 Å². The van der Waals surface area contributed by atoms with E-state index in [-0.39, 0.29) is 5.76 Å². The second-order valence-electron chi connectivity index (χ2n) is 8.32. The molecule has 0 radical (unpaired) electrons. The van der Waals surface area contributed by atoms with Crippen LogP contribution in [-0.4, -0.2) is 27.3 Å². The molecule has 2 aromatic heterocycles. The molecule has 0 aliphatic heterocycles. The Bertz CT molecular complexity index is 1320. The first-order chi connectivity index (χ1) is 16.5. The number of allylic oxidation sites excluding steroid dienone is 2. The van der Waals surface area contributed by atoms with Gasteiger partial charge in [-0.2, -0.15) is 0 Å². The van der Waals surface area contributed by atoms with Crippen LogP contribution in [0.15, 0.2) is 78.7 Å². The van der Waals surface area contributed by atoms with Crippen molar-refractivity contribution in [3.8, 4) is 5.75 Å². The quantitative estimate of drug-likeness (QED) is 0.212. The minimum absolute atomic E-state index is 0.130. The van der Waals surface area contributed by atoms with Crippen LogP contribution in [-0.2, 0) is 19.4 Å². The summed E-state index contributed by atoms with van der Waals surface area (Å²) in [5, 5.41) is 21.8. The minimum Gasteiger partial charge on any atom is -0.512 e. The summed E-state index contributed by atoms with van der Waals surface area (Å²) in [4.78, 5) is 4.94. The zero-order chi connectivity index (χ0) is 24.1. The number of aliphatic hydroxyl groups is 1. The highest BCUT2D eigenvalue weighted by atomic mass is 16.5. The smallest absolute Gasteiger partial charge is 0.139 e. The normalized spacial score (nSPS) is 11.9. The second kappa shape index (κ2) is 10.3. The van der Waals surface area contributed by atoms with Gasteiger partial charge in [0.15, 0.2) is 0 Å². The summed E-state index contributed by atoms with van der Waals surface area (Å²) in [5.41, 5.74) is 5.78. The van der Waals surface area contributed by atoms with E-state index < -0.39 is 0 Å². The summed E-state index contributed by atoms with van der Waals surface area (Å²) in [6, 6.07) is 22.2. The lowest BCUT2D eigenvalue weighted by Gasteiger charge is -2.11. The van der Waals surface area contributed by atoms with Crippen LogP contribution in [0.2, 0.25) is 0 Å². The summed E-state index contributed by atoms with van der Waals surface area (Å²) >= 11 is 0. The molecule has 2 heterocycles. The Morgan fingerprint density at radius 1 is 1.00 bits per heavy atom. The lowest BCUT2D eigenvalue weighted by atomic mass is 10.0. The van der Waals surface area contributed by atoms with E-state index in [1.54, 1.807) is 21.0 Å². The number of hydrogen-bond acceptors (Lipinski definition) is 5. The number of aromatic nitrogens is 2. The Balaban J connectivity index is 1.68. The van der Waals surface area contributed by atoms with Crippen LogP contribution in [0.5, 0.6) is 5.75 Å². The van der Waals surface area contributed by atoms with Gasteiger partial charge in [0.1, 0.15) is 17.2 Å². The first kappa shape index (κ1) is 23.1. The Kier molecular flexibility index (Phi) is 6.97. The third kappa shape index (κ3) is 5.12. The molecule has 2 aromatic carbocycles. The fourth-order valence-electron chi connectivity index (χ4n) is 4.14. The number of nitrogens with zero attached hydrogens (tertiary/aromatic N) is 2. The number of rotatable bonds is 9. The third-order valence-corrected chi connectivity index (χ3v) is 5.84. The van der Waals surface area contributed by atoms with Gasteiger partial charge in [0.05, 0.1) is 18.6 Å². The highest BCUT2D eigenvalue weighted by Crippen LogP contribution is 2.26. The molecule has 6 nitrogen and oxygen atoms in total. The topological polar surface area (TPSA) is 82.6 Å². The number of anilines is 1. The van der Waals surface area contributed by atoms with Crippen LogP contribution in [0.4, 0.5) is 5.82 Å². The molecule has 4 aromatic rings. The summed E-state index contributed by atoms with van der Waals surface area (Å²) in [5.74, 6) is 1.93. The van der Waals surface area contributed by atoms with Gasteiger partial charge in [0.25, 0.3) is 0 Å². The number of methoxy groups -OCH3 is 1. The van der Waals surface area contributed by atoms with Crippen LogP contribution in [0.25, 0.3) is 11.2 Å². The zero-order valence-corrected chi connectivity index (χ0v) is 19.8. The molecule has 3 N–H and O–H groups in total.